The Morgan fingerprint density at radius 2 is 1.89 bits per heavy atom. The quantitative estimate of drug-likeness (QED) is 0.475. The van der Waals surface area contributed by atoms with Crippen LogP contribution in [-0.2, 0) is 11.3 Å². The third kappa shape index (κ3) is 5.27. The highest BCUT2D eigenvalue weighted by molar-refractivity contribution is 7.99. The highest BCUT2D eigenvalue weighted by Gasteiger charge is 2.14. The average molecular weight is 402 g/mol. The molecule has 140 valence electrons. The summed E-state index contributed by atoms with van der Waals surface area (Å²) in [5.74, 6) is 0.563. The summed E-state index contributed by atoms with van der Waals surface area (Å²) in [4.78, 5) is 24.9. The van der Waals surface area contributed by atoms with Gasteiger partial charge in [-0.2, -0.15) is 0 Å². The summed E-state index contributed by atoms with van der Waals surface area (Å²) in [5.41, 5.74) is 3.12. The monoisotopic (exact) mass is 401 g/mol. The summed E-state index contributed by atoms with van der Waals surface area (Å²) in [7, 11) is 0. The van der Waals surface area contributed by atoms with Crippen LogP contribution in [-0.4, -0.2) is 27.6 Å². The molecule has 0 aliphatic heterocycles. The fourth-order valence-electron chi connectivity index (χ4n) is 2.52. The molecule has 6 nitrogen and oxygen atoms in total. The number of aryl methyl sites for hydroxylation is 2. The van der Waals surface area contributed by atoms with Crippen molar-refractivity contribution >= 4 is 34.8 Å². The predicted molar refractivity (Wildman–Crippen MR) is 106 cm³/mol. The van der Waals surface area contributed by atoms with E-state index in [1.165, 1.54) is 30.0 Å². The molecule has 1 N–H and O–H groups in total. The van der Waals surface area contributed by atoms with E-state index in [2.05, 4.69) is 21.6 Å². The predicted octanol–water partition coefficient (Wildman–Crippen LogP) is 4.03. The summed E-state index contributed by atoms with van der Waals surface area (Å²) in [6, 6.07) is 9.68. The standard InChI is InChI=1S/C19H19N3O3S2/c1-11-6-12(2)8-14(7-11)18-21-22-19(25-18)26-10-16(24)17-5-4-15(27-17)9-20-13(3)23/h4-8H,9-10H2,1-3H3,(H,20,23). The number of nitrogens with zero attached hydrogens (tertiary/aromatic N) is 2. The van der Waals surface area contributed by atoms with E-state index in [1.54, 1.807) is 6.07 Å². The van der Waals surface area contributed by atoms with Crippen LogP contribution in [0.15, 0.2) is 40.0 Å². The molecule has 1 amide bonds. The summed E-state index contributed by atoms with van der Waals surface area (Å²) in [5, 5.41) is 11.2. The Kier molecular flexibility index (Phi) is 6.08. The van der Waals surface area contributed by atoms with Gasteiger partial charge in [0.25, 0.3) is 5.22 Å². The van der Waals surface area contributed by atoms with Gasteiger partial charge in [0.05, 0.1) is 17.2 Å². The van der Waals surface area contributed by atoms with Gasteiger partial charge >= 0.3 is 0 Å². The summed E-state index contributed by atoms with van der Waals surface area (Å²) in [6.07, 6.45) is 0. The number of nitrogens with one attached hydrogen (secondary N) is 1. The number of hydrogen-bond donors (Lipinski definition) is 1. The Morgan fingerprint density at radius 3 is 2.59 bits per heavy atom. The van der Waals surface area contributed by atoms with E-state index in [0.717, 1.165) is 21.6 Å². The van der Waals surface area contributed by atoms with Crippen molar-refractivity contribution in [2.75, 3.05) is 5.75 Å². The molecule has 2 heterocycles. The van der Waals surface area contributed by atoms with Gasteiger partial charge in [-0.25, -0.2) is 0 Å². The summed E-state index contributed by atoms with van der Waals surface area (Å²) >= 11 is 2.60. The zero-order valence-electron chi connectivity index (χ0n) is 15.2. The van der Waals surface area contributed by atoms with Crippen molar-refractivity contribution in [1.82, 2.24) is 15.5 Å². The minimum atomic E-state index is -0.0946. The van der Waals surface area contributed by atoms with Gasteiger partial charge in [-0.3, -0.25) is 9.59 Å². The molecular formula is C19H19N3O3S2. The van der Waals surface area contributed by atoms with Crippen molar-refractivity contribution in [3.8, 4) is 11.5 Å². The van der Waals surface area contributed by atoms with E-state index in [0.29, 0.717) is 22.5 Å². The van der Waals surface area contributed by atoms with Crippen molar-refractivity contribution in [1.29, 1.82) is 0 Å². The Hall–Kier alpha value is -2.45. The molecule has 0 bridgehead atoms. The highest BCUT2D eigenvalue weighted by Crippen LogP contribution is 2.26. The minimum absolute atomic E-state index is 0.00905. The molecule has 1 aromatic carbocycles. The lowest BCUT2D eigenvalue weighted by molar-refractivity contribution is -0.119. The number of aromatic nitrogens is 2. The molecule has 0 unspecified atom stereocenters. The lowest BCUT2D eigenvalue weighted by atomic mass is 10.1. The van der Waals surface area contributed by atoms with Gasteiger partial charge in [0.1, 0.15) is 0 Å². The summed E-state index contributed by atoms with van der Waals surface area (Å²) < 4.78 is 5.68. The van der Waals surface area contributed by atoms with E-state index in [9.17, 15) is 9.59 Å². The Balaban J connectivity index is 1.59. The van der Waals surface area contributed by atoms with Gasteiger partial charge in [-0.15, -0.1) is 21.5 Å². The number of thiophene rings is 1. The number of rotatable bonds is 7. The van der Waals surface area contributed by atoms with Crippen LogP contribution in [0.2, 0.25) is 0 Å². The number of thioether (sulfide) groups is 1. The van der Waals surface area contributed by atoms with Crippen LogP contribution in [0.5, 0.6) is 0 Å². The van der Waals surface area contributed by atoms with Crippen LogP contribution < -0.4 is 5.32 Å². The summed E-state index contributed by atoms with van der Waals surface area (Å²) in [6.45, 7) is 5.93. The van der Waals surface area contributed by atoms with Gasteiger partial charge in [-0.05, 0) is 38.1 Å². The molecule has 3 rings (SSSR count). The topological polar surface area (TPSA) is 85.1 Å². The van der Waals surface area contributed by atoms with Crippen molar-refractivity contribution < 1.29 is 14.0 Å². The lowest BCUT2D eigenvalue weighted by Crippen LogP contribution is -2.18. The van der Waals surface area contributed by atoms with Gasteiger partial charge in [-0.1, -0.05) is 29.0 Å². The average Bonchev–Trinajstić information content (AvgIpc) is 3.26. The first kappa shape index (κ1) is 19.3. The van der Waals surface area contributed by atoms with E-state index in [-0.39, 0.29) is 17.4 Å². The van der Waals surface area contributed by atoms with E-state index in [4.69, 9.17) is 4.42 Å². The van der Waals surface area contributed by atoms with Crippen LogP contribution in [0.25, 0.3) is 11.5 Å². The van der Waals surface area contributed by atoms with Gasteiger partial charge < -0.3 is 9.73 Å². The zero-order valence-corrected chi connectivity index (χ0v) is 16.9. The fraction of sp³-hybridized carbons (Fsp3) is 0.263. The maximum atomic E-state index is 12.3. The number of benzene rings is 1. The van der Waals surface area contributed by atoms with Gasteiger partial charge in [0.15, 0.2) is 5.78 Å². The SMILES string of the molecule is CC(=O)NCc1ccc(C(=O)CSc2nnc(-c3cc(C)cc(C)c3)o2)s1. The molecule has 0 aliphatic carbocycles. The van der Waals surface area contributed by atoms with Crippen LogP contribution in [0.3, 0.4) is 0 Å². The van der Waals surface area contributed by atoms with Crippen molar-refractivity contribution in [2.24, 2.45) is 0 Å². The highest BCUT2D eigenvalue weighted by atomic mass is 32.2. The number of amides is 1. The molecule has 3 aromatic rings. The van der Waals surface area contributed by atoms with Crippen molar-refractivity contribution in [2.45, 2.75) is 32.5 Å². The number of carbonyl (C=O) groups excluding carboxylic acids is 2. The van der Waals surface area contributed by atoms with Crippen molar-refractivity contribution in [3.05, 3.63) is 51.2 Å². The number of hydrogen-bond acceptors (Lipinski definition) is 7. The number of Topliss-reactive ketones (excluding diaryl/α,β-unsaturated/α-hetero) is 1. The molecule has 0 saturated heterocycles. The molecular weight excluding hydrogens is 382 g/mol. The third-order valence-electron chi connectivity index (χ3n) is 3.65. The second-order valence-electron chi connectivity index (χ2n) is 6.14. The zero-order chi connectivity index (χ0) is 19.4. The first-order valence-corrected chi connectivity index (χ1v) is 10.1. The van der Waals surface area contributed by atoms with Crippen LogP contribution in [0.1, 0.15) is 32.6 Å². The molecule has 0 fully saturated rings. The lowest BCUT2D eigenvalue weighted by Gasteiger charge is -2.00. The van der Waals surface area contributed by atoms with E-state index < -0.39 is 0 Å². The first-order valence-electron chi connectivity index (χ1n) is 8.32. The Morgan fingerprint density at radius 1 is 1.15 bits per heavy atom. The first-order chi connectivity index (χ1) is 12.9. The molecule has 0 aliphatic rings. The molecule has 0 spiro atoms. The second kappa shape index (κ2) is 8.49. The van der Waals surface area contributed by atoms with Crippen LogP contribution >= 0.6 is 23.1 Å². The second-order valence-corrected chi connectivity index (χ2v) is 8.23. The molecule has 27 heavy (non-hydrogen) atoms. The van der Waals surface area contributed by atoms with Crippen LogP contribution in [0.4, 0.5) is 0 Å². The molecule has 8 heteroatoms. The normalized spacial score (nSPS) is 10.8. The molecule has 0 radical (unpaired) electrons. The minimum Gasteiger partial charge on any atom is -0.411 e. The van der Waals surface area contributed by atoms with Gasteiger partial charge in [0, 0.05) is 17.4 Å². The third-order valence-corrected chi connectivity index (χ3v) is 5.59. The smallest absolute Gasteiger partial charge is 0.277 e. The van der Waals surface area contributed by atoms with E-state index in [1.807, 2.05) is 32.0 Å². The van der Waals surface area contributed by atoms with E-state index >= 15 is 0 Å². The number of carbonyl (C=O) groups is 2. The maximum absolute atomic E-state index is 12.3. The largest absolute Gasteiger partial charge is 0.411 e. The van der Waals surface area contributed by atoms with Gasteiger partial charge in [0.2, 0.25) is 11.8 Å². The molecule has 0 saturated carbocycles. The Labute approximate surface area is 165 Å². The maximum Gasteiger partial charge on any atom is 0.277 e. The fourth-order valence-corrected chi connectivity index (χ4v) is 4.14. The van der Waals surface area contributed by atoms with Crippen LogP contribution in [0, 0.1) is 13.8 Å². The number of ketones is 1. The molecule has 2 aromatic heterocycles. The Bertz CT molecular complexity index is 958. The molecule has 0 atom stereocenters. The van der Waals surface area contributed by atoms with Crippen molar-refractivity contribution in [3.63, 3.8) is 0 Å².